The lowest BCUT2D eigenvalue weighted by Crippen LogP contribution is -2.43. The fourth-order valence-corrected chi connectivity index (χ4v) is 1.09. The van der Waals surface area contributed by atoms with Crippen LogP contribution in [0.1, 0.15) is 19.3 Å². The molecular formula is C9H15F3N2O3. The Morgan fingerprint density at radius 1 is 1.41 bits per heavy atom. The summed E-state index contributed by atoms with van der Waals surface area (Å²) in [5, 5.41) is 8.36. The van der Waals surface area contributed by atoms with Crippen molar-refractivity contribution in [3.05, 3.63) is 0 Å². The van der Waals surface area contributed by atoms with Gasteiger partial charge in [-0.15, -0.1) is 0 Å². The summed E-state index contributed by atoms with van der Waals surface area (Å²) in [6.45, 7) is -0.483. The van der Waals surface area contributed by atoms with Gasteiger partial charge in [-0.1, -0.05) is 0 Å². The molecule has 0 radical (unpaired) electrons. The van der Waals surface area contributed by atoms with Crippen molar-refractivity contribution in [2.45, 2.75) is 31.5 Å². The van der Waals surface area contributed by atoms with Crippen molar-refractivity contribution in [2.24, 2.45) is 5.73 Å². The lowest BCUT2D eigenvalue weighted by Gasteiger charge is -2.21. The third kappa shape index (κ3) is 7.56. The largest absolute Gasteiger partial charge is 0.481 e. The quantitative estimate of drug-likeness (QED) is 0.728. The molecule has 0 heterocycles. The zero-order valence-electron chi connectivity index (χ0n) is 9.33. The first-order valence-corrected chi connectivity index (χ1v) is 4.92. The number of likely N-dealkylation sites (N-methyl/N-ethyl adjacent to an activating group) is 1. The van der Waals surface area contributed by atoms with E-state index in [4.69, 9.17) is 10.8 Å². The van der Waals surface area contributed by atoms with Crippen molar-refractivity contribution in [3.63, 3.8) is 0 Å². The molecule has 0 aliphatic heterocycles. The van der Waals surface area contributed by atoms with Crippen molar-refractivity contribution in [3.8, 4) is 0 Å². The number of aliphatic carboxylic acids is 1. The number of carboxylic acid groups (broad SMARTS) is 1. The molecule has 0 bridgehead atoms. The number of halogens is 3. The van der Waals surface area contributed by atoms with E-state index >= 15 is 0 Å². The standard InChI is InChI=1S/C9H15F3N2O3/c1-14(5-4-9(10,11)12)8(17)6(13)2-3-7(15)16/h6H,2-5,13H2,1H3,(H,15,16). The van der Waals surface area contributed by atoms with Crippen LogP contribution in [-0.4, -0.2) is 47.7 Å². The molecule has 0 saturated heterocycles. The van der Waals surface area contributed by atoms with E-state index in [1.165, 1.54) is 7.05 Å². The molecule has 1 atom stereocenters. The third-order valence-electron chi connectivity index (χ3n) is 2.09. The maximum absolute atomic E-state index is 11.9. The number of carbonyl (C=O) groups excluding carboxylic acids is 1. The second-order valence-electron chi connectivity index (χ2n) is 3.66. The number of nitrogens with zero attached hydrogens (tertiary/aromatic N) is 1. The van der Waals surface area contributed by atoms with Crippen LogP contribution in [0.25, 0.3) is 0 Å². The topological polar surface area (TPSA) is 83.6 Å². The first-order chi connectivity index (χ1) is 7.63. The van der Waals surface area contributed by atoms with Crippen molar-refractivity contribution < 1.29 is 27.9 Å². The Kier molecular flexibility index (Phi) is 5.94. The highest BCUT2D eigenvalue weighted by Crippen LogP contribution is 2.19. The summed E-state index contributed by atoms with van der Waals surface area (Å²) in [6, 6.07) is -1.08. The molecule has 3 N–H and O–H groups in total. The van der Waals surface area contributed by atoms with Crippen molar-refractivity contribution in [1.82, 2.24) is 4.90 Å². The molecule has 0 spiro atoms. The van der Waals surface area contributed by atoms with Crippen LogP contribution < -0.4 is 5.73 Å². The molecule has 0 rings (SSSR count). The maximum Gasteiger partial charge on any atom is 0.390 e. The Labute approximate surface area is 96.4 Å². The van der Waals surface area contributed by atoms with Gasteiger partial charge < -0.3 is 15.7 Å². The fraction of sp³-hybridized carbons (Fsp3) is 0.778. The molecular weight excluding hydrogens is 241 g/mol. The van der Waals surface area contributed by atoms with Gasteiger partial charge in [0, 0.05) is 20.0 Å². The Morgan fingerprint density at radius 2 is 1.94 bits per heavy atom. The van der Waals surface area contributed by atoms with Crippen molar-refractivity contribution >= 4 is 11.9 Å². The lowest BCUT2D eigenvalue weighted by molar-refractivity contribution is -0.144. The van der Waals surface area contributed by atoms with E-state index in [-0.39, 0.29) is 12.8 Å². The Balaban J connectivity index is 4.07. The maximum atomic E-state index is 11.9. The van der Waals surface area contributed by atoms with Gasteiger partial charge in [0.2, 0.25) is 5.91 Å². The SMILES string of the molecule is CN(CCC(F)(F)F)C(=O)C(N)CCC(=O)O. The van der Waals surface area contributed by atoms with Crippen molar-refractivity contribution in [2.75, 3.05) is 13.6 Å². The molecule has 0 fully saturated rings. The van der Waals surface area contributed by atoms with E-state index in [0.717, 1.165) is 4.90 Å². The molecule has 100 valence electrons. The highest BCUT2D eigenvalue weighted by Gasteiger charge is 2.29. The molecule has 8 heteroatoms. The summed E-state index contributed by atoms with van der Waals surface area (Å²) in [5.74, 6) is -1.79. The Bertz CT molecular complexity index is 281. The number of amides is 1. The first kappa shape index (κ1) is 15.7. The van der Waals surface area contributed by atoms with E-state index in [1.54, 1.807) is 0 Å². The highest BCUT2D eigenvalue weighted by molar-refractivity contribution is 5.82. The average Bonchev–Trinajstić information content (AvgIpc) is 2.20. The number of rotatable bonds is 6. The minimum Gasteiger partial charge on any atom is -0.481 e. The number of carbonyl (C=O) groups is 2. The van der Waals surface area contributed by atoms with E-state index in [2.05, 4.69) is 0 Å². The fourth-order valence-electron chi connectivity index (χ4n) is 1.09. The van der Waals surface area contributed by atoms with Gasteiger partial charge in [-0.25, -0.2) is 0 Å². The van der Waals surface area contributed by atoms with Crippen LogP contribution >= 0.6 is 0 Å². The van der Waals surface area contributed by atoms with Crippen LogP contribution in [0, 0.1) is 0 Å². The van der Waals surface area contributed by atoms with Crippen LogP contribution in [0.3, 0.4) is 0 Å². The summed E-state index contributed by atoms with van der Waals surface area (Å²) >= 11 is 0. The molecule has 5 nitrogen and oxygen atoms in total. The van der Waals surface area contributed by atoms with Crippen LogP contribution in [0.2, 0.25) is 0 Å². The van der Waals surface area contributed by atoms with Crippen LogP contribution in [0.4, 0.5) is 13.2 Å². The van der Waals surface area contributed by atoms with E-state index in [0.29, 0.717) is 0 Å². The molecule has 0 saturated carbocycles. The summed E-state index contributed by atoms with van der Waals surface area (Å²) in [4.78, 5) is 22.5. The minimum absolute atomic E-state index is 0.0927. The van der Waals surface area contributed by atoms with Gasteiger partial charge in [-0.3, -0.25) is 9.59 Å². The average molecular weight is 256 g/mol. The normalized spacial score (nSPS) is 13.2. The number of carboxylic acids is 1. The molecule has 17 heavy (non-hydrogen) atoms. The number of hydrogen-bond donors (Lipinski definition) is 2. The van der Waals surface area contributed by atoms with Gasteiger partial charge in [-0.2, -0.15) is 13.2 Å². The minimum atomic E-state index is -4.33. The Hall–Kier alpha value is -1.31. The first-order valence-electron chi connectivity index (χ1n) is 4.92. The van der Waals surface area contributed by atoms with E-state index in [1.807, 2.05) is 0 Å². The number of nitrogens with two attached hydrogens (primary N) is 1. The summed E-state index contributed by atoms with van der Waals surface area (Å²) < 4.78 is 35.7. The van der Waals surface area contributed by atoms with Gasteiger partial charge in [0.05, 0.1) is 12.5 Å². The number of alkyl halides is 3. The van der Waals surface area contributed by atoms with Crippen LogP contribution in [0.15, 0.2) is 0 Å². The van der Waals surface area contributed by atoms with Gasteiger partial charge in [0.15, 0.2) is 0 Å². The molecule has 0 aliphatic carbocycles. The van der Waals surface area contributed by atoms with Crippen LogP contribution in [-0.2, 0) is 9.59 Å². The monoisotopic (exact) mass is 256 g/mol. The second-order valence-corrected chi connectivity index (χ2v) is 3.66. The summed E-state index contributed by atoms with van der Waals surface area (Å²) in [7, 11) is 1.20. The predicted octanol–water partition coefficient (Wildman–Crippen LogP) is 0.589. The number of hydrogen-bond acceptors (Lipinski definition) is 3. The molecule has 1 unspecified atom stereocenters. The Morgan fingerprint density at radius 3 is 2.35 bits per heavy atom. The van der Waals surface area contributed by atoms with Crippen molar-refractivity contribution in [1.29, 1.82) is 0 Å². The van der Waals surface area contributed by atoms with E-state index in [9.17, 15) is 22.8 Å². The third-order valence-corrected chi connectivity index (χ3v) is 2.09. The van der Waals surface area contributed by atoms with Gasteiger partial charge in [0.1, 0.15) is 0 Å². The summed E-state index contributed by atoms with van der Waals surface area (Å²) in [6.07, 6.45) is -5.83. The smallest absolute Gasteiger partial charge is 0.390 e. The predicted molar refractivity (Wildman–Crippen MR) is 53.2 cm³/mol. The van der Waals surface area contributed by atoms with E-state index < -0.39 is 37.1 Å². The zero-order valence-corrected chi connectivity index (χ0v) is 9.33. The van der Waals surface area contributed by atoms with Gasteiger partial charge in [-0.05, 0) is 6.42 Å². The van der Waals surface area contributed by atoms with Gasteiger partial charge in [0.25, 0.3) is 0 Å². The highest BCUT2D eigenvalue weighted by atomic mass is 19.4. The van der Waals surface area contributed by atoms with Crippen LogP contribution in [0.5, 0.6) is 0 Å². The lowest BCUT2D eigenvalue weighted by atomic mass is 10.1. The second kappa shape index (κ2) is 6.43. The molecule has 0 aromatic rings. The molecule has 0 aromatic heterocycles. The molecule has 0 aliphatic rings. The molecule has 0 aromatic carbocycles. The van der Waals surface area contributed by atoms with Gasteiger partial charge >= 0.3 is 12.1 Å². The zero-order chi connectivity index (χ0) is 13.6. The summed E-state index contributed by atoms with van der Waals surface area (Å²) in [5.41, 5.74) is 5.37. The molecule has 1 amide bonds.